The molecule has 2 aliphatic rings. The number of piperidine rings is 1. The number of aliphatic imine (C=N–C) groups is 1. The molecule has 164 valence electrons. The number of carbonyl (C=O) groups excluding carboxylic acids is 1. The molecule has 2 aliphatic heterocycles. The van der Waals surface area contributed by atoms with Crippen molar-refractivity contribution in [3.63, 3.8) is 0 Å². The van der Waals surface area contributed by atoms with Gasteiger partial charge >= 0.3 is 5.97 Å². The van der Waals surface area contributed by atoms with Gasteiger partial charge in [-0.3, -0.25) is 9.79 Å². The monoisotopic (exact) mass is 509 g/mol. The Labute approximate surface area is 188 Å². The zero-order valence-electron chi connectivity index (χ0n) is 18.2. The number of halogens is 1. The summed E-state index contributed by atoms with van der Waals surface area (Å²) in [7, 11) is 1.48. The molecular weight excluding hydrogens is 469 g/mol. The number of nitrogens with zero attached hydrogens (tertiary/aromatic N) is 4. The van der Waals surface area contributed by atoms with E-state index in [1.54, 1.807) is 0 Å². The number of likely N-dealkylation sites (tertiary alicyclic amines) is 1. The summed E-state index contributed by atoms with van der Waals surface area (Å²) >= 11 is 0. The van der Waals surface area contributed by atoms with Crippen LogP contribution in [0, 0.1) is 11.8 Å². The van der Waals surface area contributed by atoms with Gasteiger partial charge in [-0.25, -0.2) is 0 Å². The van der Waals surface area contributed by atoms with Crippen molar-refractivity contribution in [2.75, 3.05) is 72.6 Å². The molecule has 1 unspecified atom stereocenters. The minimum Gasteiger partial charge on any atom is -0.469 e. The number of piperazine rings is 1. The summed E-state index contributed by atoms with van der Waals surface area (Å²) in [5.41, 5.74) is 0. The van der Waals surface area contributed by atoms with Crippen LogP contribution >= 0.6 is 24.0 Å². The fourth-order valence-corrected chi connectivity index (χ4v) is 3.95. The fraction of sp³-hybridized carbons (Fsp3) is 0.900. The summed E-state index contributed by atoms with van der Waals surface area (Å²) < 4.78 is 4.89. The van der Waals surface area contributed by atoms with Crippen LogP contribution in [0.2, 0.25) is 0 Å². The molecule has 2 heterocycles. The Morgan fingerprint density at radius 2 is 1.71 bits per heavy atom. The van der Waals surface area contributed by atoms with Crippen molar-refractivity contribution in [1.82, 2.24) is 20.0 Å². The molecule has 0 aromatic heterocycles. The molecule has 0 radical (unpaired) electrons. The predicted molar refractivity (Wildman–Crippen MR) is 125 cm³/mol. The van der Waals surface area contributed by atoms with Crippen LogP contribution in [0.3, 0.4) is 0 Å². The van der Waals surface area contributed by atoms with Crippen molar-refractivity contribution in [3.8, 4) is 0 Å². The summed E-state index contributed by atoms with van der Waals surface area (Å²) in [5.74, 6) is 1.49. The molecular formula is C20H40IN5O2. The Morgan fingerprint density at radius 1 is 1.11 bits per heavy atom. The first-order valence-electron chi connectivity index (χ1n) is 10.6. The highest BCUT2D eigenvalue weighted by molar-refractivity contribution is 14.0. The average Bonchev–Trinajstić information content (AvgIpc) is 2.71. The maximum atomic E-state index is 11.7. The number of rotatable bonds is 7. The number of guanidine groups is 1. The highest BCUT2D eigenvalue weighted by Crippen LogP contribution is 2.18. The smallest absolute Gasteiger partial charge is 0.308 e. The number of carbonyl (C=O) groups is 1. The summed E-state index contributed by atoms with van der Waals surface area (Å²) in [6.45, 7) is 17.0. The Hall–Kier alpha value is -0.610. The lowest BCUT2D eigenvalue weighted by Crippen LogP contribution is -2.48. The van der Waals surface area contributed by atoms with Gasteiger partial charge in [0.2, 0.25) is 0 Å². The standard InChI is InChI=1S/C20H39N5O2.HI/c1-5-21-20(25-9-7-18(8-10-25)19(26)27-4)22-15-17(3)16-24-13-11-23(6-2)12-14-24;/h17-18H,5-16H2,1-4H3,(H,21,22);1H. The van der Waals surface area contributed by atoms with E-state index in [0.29, 0.717) is 5.92 Å². The zero-order valence-corrected chi connectivity index (χ0v) is 20.5. The molecule has 0 aromatic rings. The van der Waals surface area contributed by atoms with Gasteiger partial charge in [0.25, 0.3) is 0 Å². The fourth-order valence-electron chi connectivity index (χ4n) is 3.95. The van der Waals surface area contributed by atoms with Gasteiger partial charge in [-0.2, -0.15) is 0 Å². The van der Waals surface area contributed by atoms with Gasteiger partial charge in [-0.15, -0.1) is 24.0 Å². The van der Waals surface area contributed by atoms with E-state index in [9.17, 15) is 4.79 Å². The molecule has 8 heteroatoms. The van der Waals surface area contributed by atoms with E-state index < -0.39 is 0 Å². The van der Waals surface area contributed by atoms with E-state index in [1.165, 1.54) is 33.3 Å². The first-order valence-corrected chi connectivity index (χ1v) is 10.6. The summed E-state index contributed by atoms with van der Waals surface area (Å²) in [4.78, 5) is 24.0. The predicted octanol–water partition coefficient (Wildman–Crippen LogP) is 1.73. The molecule has 2 saturated heterocycles. The minimum absolute atomic E-state index is 0. The van der Waals surface area contributed by atoms with E-state index >= 15 is 0 Å². The third-order valence-corrected chi connectivity index (χ3v) is 5.70. The molecule has 28 heavy (non-hydrogen) atoms. The van der Waals surface area contributed by atoms with Crippen LogP contribution in [-0.2, 0) is 9.53 Å². The first kappa shape index (κ1) is 25.4. The van der Waals surface area contributed by atoms with Crippen molar-refractivity contribution in [2.24, 2.45) is 16.8 Å². The van der Waals surface area contributed by atoms with Gasteiger partial charge in [0.1, 0.15) is 0 Å². The van der Waals surface area contributed by atoms with Crippen LogP contribution in [0.4, 0.5) is 0 Å². The van der Waals surface area contributed by atoms with Gasteiger partial charge in [0.15, 0.2) is 5.96 Å². The summed E-state index contributed by atoms with van der Waals surface area (Å²) in [6.07, 6.45) is 1.68. The Balaban J connectivity index is 0.00000392. The lowest BCUT2D eigenvalue weighted by atomic mass is 9.97. The molecule has 0 bridgehead atoms. The summed E-state index contributed by atoms with van der Waals surface area (Å²) in [6, 6.07) is 0. The topological polar surface area (TPSA) is 60.4 Å². The van der Waals surface area contributed by atoms with Crippen LogP contribution in [0.5, 0.6) is 0 Å². The quantitative estimate of drug-likeness (QED) is 0.244. The molecule has 2 rings (SSSR count). The van der Waals surface area contributed by atoms with Gasteiger partial charge in [0.05, 0.1) is 13.0 Å². The van der Waals surface area contributed by atoms with Crippen LogP contribution in [-0.4, -0.2) is 99.2 Å². The molecule has 0 spiro atoms. The number of hydrogen-bond acceptors (Lipinski definition) is 5. The second-order valence-electron chi connectivity index (χ2n) is 7.82. The van der Waals surface area contributed by atoms with E-state index in [-0.39, 0.29) is 35.9 Å². The van der Waals surface area contributed by atoms with Crippen LogP contribution in [0.25, 0.3) is 0 Å². The third-order valence-electron chi connectivity index (χ3n) is 5.70. The van der Waals surface area contributed by atoms with E-state index in [4.69, 9.17) is 9.73 Å². The van der Waals surface area contributed by atoms with Crippen molar-refractivity contribution in [2.45, 2.75) is 33.6 Å². The SMILES string of the molecule is CCNC(=NCC(C)CN1CCN(CC)CC1)N1CCC(C(=O)OC)CC1.I. The number of ether oxygens (including phenoxy) is 1. The highest BCUT2D eigenvalue weighted by Gasteiger charge is 2.27. The Kier molecular flexibility index (Phi) is 12.3. The van der Waals surface area contributed by atoms with E-state index in [0.717, 1.165) is 58.1 Å². The van der Waals surface area contributed by atoms with E-state index in [1.807, 2.05) is 0 Å². The lowest BCUT2D eigenvalue weighted by molar-refractivity contribution is -0.146. The van der Waals surface area contributed by atoms with Crippen molar-refractivity contribution < 1.29 is 9.53 Å². The Morgan fingerprint density at radius 3 is 2.25 bits per heavy atom. The number of methoxy groups -OCH3 is 1. The van der Waals surface area contributed by atoms with Crippen LogP contribution < -0.4 is 5.32 Å². The molecule has 0 amide bonds. The van der Waals surface area contributed by atoms with Crippen LogP contribution in [0.1, 0.15) is 33.6 Å². The first-order chi connectivity index (χ1) is 13.1. The molecule has 2 fully saturated rings. The number of nitrogens with one attached hydrogen (secondary N) is 1. The van der Waals surface area contributed by atoms with Crippen molar-refractivity contribution in [1.29, 1.82) is 0 Å². The average molecular weight is 509 g/mol. The number of hydrogen-bond donors (Lipinski definition) is 1. The maximum absolute atomic E-state index is 11.7. The molecule has 1 atom stereocenters. The normalized spacial score (nSPS) is 21.1. The zero-order chi connectivity index (χ0) is 19.6. The molecule has 7 nitrogen and oxygen atoms in total. The minimum atomic E-state index is -0.0756. The number of likely N-dealkylation sites (N-methyl/N-ethyl adjacent to an activating group) is 1. The van der Waals surface area contributed by atoms with Gasteiger partial charge in [0, 0.05) is 58.9 Å². The second-order valence-corrected chi connectivity index (χ2v) is 7.82. The largest absolute Gasteiger partial charge is 0.469 e. The van der Waals surface area contributed by atoms with Crippen molar-refractivity contribution >= 4 is 35.9 Å². The van der Waals surface area contributed by atoms with Crippen LogP contribution in [0.15, 0.2) is 4.99 Å². The summed E-state index contributed by atoms with van der Waals surface area (Å²) in [5, 5.41) is 3.42. The van der Waals surface area contributed by atoms with Gasteiger partial charge in [-0.05, 0) is 32.2 Å². The maximum Gasteiger partial charge on any atom is 0.308 e. The lowest BCUT2D eigenvalue weighted by Gasteiger charge is -2.35. The molecule has 0 aliphatic carbocycles. The molecule has 1 N–H and O–H groups in total. The Bertz CT molecular complexity index is 475. The van der Waals surface area contributed by atoms with E-state index in [2.05, 4.69) is 40.8 Å². The molecule has 0 saturated carbocycles. The van der Waals surface area contributed by atoms with Gasteiger partial charge < -0.3 is 24.8 Å². The number of esters is 1. The third kappa shape index (κ3) is 8.02. The molecule has 0 aromatic carbocycles. The van der Waals surface area contributed by atoms with Crippen molar-refractivity contribution in [3.05, 3.63) is 0 Å². The van der Waals surface area contributed by atoms with Gasteiger partial charge in [-0.1, -0.05) is 13.8 Å². The second kappa shape index (κ2) is 13.6. The highest BCUT2D eigenvalue weighted by atomic mass is 127.